The Morgan fingerprint density at radius 1 is 1.50 bits per heavy atom. The molecule has 0 amide bonds. The number of aliphatic carboxylic acids is 1. The van der Waals surface area contributed by atoms with Crippen molar-refractivity contribution in [1.82, 2.24) is 0 Å². The van der Waals surface area contributed by atoms with Crippen LogP contribution in [0.2, 0.25) is 0 Å². The van der Waals surface area contributed by atoms with E-state index in [0.29, 0.717) is 5.71 Å². The van der Waals surface area contributed by atoms with Crippen LogP contribution in [0.5, 0.6) is 0 Å². The summed E-state index contributed by atoms with van der Waals surface area (Å²) in [5.41, 5.74) is 0.759. The van der Waals surface area contributed by atoms with Crippen molar-refractivity contribution in [2.75, 3.05) is 7.05 Å². The van der Waals surface area contributed by atoms with Gasteiger partial charge in [0.15, 0.2) is 0 Å². The molecule has 0 fully saturated rings. The first-order chi connectivity index (χ1) is 5.49. The predicted molar refractivity (Wildman–Crippen MR) is 44.0 cm³/mol. The minimum atomic E-state index is -1.01. The highest BCUT2D eigenvalue weighted by molar-refractivity contribution is 6.01. The maximum Gasteiger partial charge on any atom is 0.307 e. The van der Waals surface area contributed by atoms with E-state index in [4.69, 9.17) is 5.11 Å². The van der Waals surface area contributed by atoms with E-state index in [1.54, 1.807) is 6.92 Å². The van der Waals surface area contributed by atoms with Crippen LogP contribution < -0.4 is 5.11 Å². The summed E-state index contributed by atoms with van der Waals surface area (Å²) in [5, 5.41) is 19.3. The SMILES string of the molecule is CN=C(C)/C(CC(=O)O)=C(/C)[O-]. The number of aliphatic imine (C=N–C) groups is 1. The standard InChI is InChI=1S/C8H13NO3/c1-5(9-3)7(6(2)10)4-8(11)12/h10H,4H2,1-3H3,(H,11,12)/p-1/b7-6-,9-5?. The Morgan fingerprint density at radius 3 is 2.25 bits per heavy atom. The molecule has 0 unspecified atom stereocenters. The van der Waals surface area contributed by atoms with Crippen molar-refractivity contribution in [3.8, 4) is 0 Å². The van der Waals surface area contributed by atoms with Gasteiger partial charge in [0.05, 0.1) is 6.42 Å². The van der Waals surface area contributed by atoms with Crippen molar-refractivity contribution in [2.45, 2.75) is 20.3 Å². The second kappa shape index (κ2) is 4.54. The number of nitrogens with zero attached hydrogens (tertiary/aromatic N) is 1. The van der Waals surface area contributed by atoms with Crippen LogP contribution in [0.25, 0.3) is 0 Å². The van der Waals surface area contributed by atoms with E-state index in [-0.39, 0.29) is 17.8 Å². The van der Waals surface area contributed by atoms with Crippen molar-refractivity contribution < 1.29 is 15.0 Å². The van der Waals surface area contributed by atoms with Gasteiger partial charge < -0.3 is 10.2 Å². The second-order valence-corrected chi connectivity index (χ2v) is 2.41. The fraction of sp³-hybridized carbons (Fsp3) is 0.500. The van der Waals surface area contributed by atoms with Crippen LogP contribution in [0, 0.1) is 0 Å². The lowest BCUT2D eigenvalue weighted by molar-refractivity contribution is -0.303. The van der Waals surface area contributed by atoms with Gasteiger partial charge in [0.1, 0.15) is 0 Å². The fourth-order valence-corrected chi connectivity index (χ4v) is 0.793. The maximum absolute atomic E-state index is 10.9. The van der Waals surface area contributed by atoms with Gasteiger partial charge in [-0.05, 0) is 12.5 Å². The molecule has 0 bridgehead atoms. The van der Waals surface area contributed by atoms with Crippen molar-refractivity contribution in [2.24, 2.45) is 4.99 Å². The fourth-order valence-electron chi connectivity index (χ4n) is 0.793. The Balaban J connectivity index is 4.71. The highest BCUT2D eigenvalue weighted by Crippen LogP contribution is 2.06. The monoisotopic (exact) mass is 170 g/mol. The third-order valence-corrected chi connectivity index (χ3v) is 1.53. The molecular formula is C8H12NO3-. The molecule has 0 aliphatic carbocycles. The van der Waals surface area contributed by atoms with Gasteiger partial charge in [0, 0.05) is 12.8 Å². The molecule has 0 rings (SSSR count). The molecule has 0 heterocycles. The number of carboxylic acids is 1. The lowest BCUT2D eigenvalue weighted by Crippen LogP contribution is -2.13. The van der Waals surface area contributed by atoms with E-state index in [0.717, 1.165) is 0 Å². The molecule has 4 heteroatoms. The summed E-state index contributed by atoms with van der Waals surface area (Å²) in [6.45, 7) is 2.96. The van der Waals surface area contributed by atoms with Gasteiger partial charge in [0.2, 0.25) is 0 Å². The summed E-state index contributed by atoms with van der Waals surface area (Å²) in [5.74, 6) is -1.25. The normalized spacial score (nSPS) is 14.1. The minimum absolute atomic E-state index is 0.236. The van der Waals surface area contributed by atoms with E-state index in [9.17, 15) is 9.90 Å². The van der Waals surface area contributed by atoms with E-state index in [1.165, 1.54) is 14.0 Å². The Kier molecular flexibility index (Phi) is 4.04. The number of rotatable bonds is 3. The zero-order valence-electron chi connectivity index (χ0n) is 7.42. The van der Waals surface area contributed by atoms with Crippen molar-refractivity contribution >= 4 is 11.7 Å². The summed E-state index contributed by atoms with van der Waals surface area (Å²) < 4.78 is 0. The van der Waals surface area contributed by atoms with Gasteiger partial charge in [-0.15, -0.1) is 5.76 Å². The highest BCUT2D eigenvalue weighted by atomic mass is 16.4. The van der Waals surface area contributed by atoms with Crippen LogP contribution in [0.1, 0.15) is 20.3 Å². The summed E-state index contributed by atoms with van der Waals surface area (Å²) in [6, 6.07) is 0. The van der Waals surface area contributed by atoms with Gasteiger partial charge >= 0.3 is 5.97 Å². The molecule has 0 aromatic carbocycles. The molecule has 4 nitrogen and oxygen atoms in total. The average molecular weight is 170 g/mol. The van der Waals surface area contributed by atoms with E-state index >= 15 is 0 Å². The molecule has 0 saturated heterocycles. The number of carbonyl (C=O) groups is 1. The van der Waals surface area contributed by atoms with Crippen LogP contribution >= 0.6 is 0 Å². The van der Waals surface area contributed by atoms with E-state index < -0.39 is 5.97 Å². The Bertz CT molecular complexity index is 237. The van der Waals surface area contributed by atoms with Crippen LogP contribution in [0.4, 0.5) is 0 Å². The van der Waals surface area contributed by atoms with Gasteiger partial charge in [-0.1, -0.05) is 6.92 Å². The van der Waals surface area contributed by atoms with Crippen molar-refractivity contribution in [3.05, 3.63) is 11.3 Å². The van der Waals surface area contributed by atoms with Gasteiger partial charge in [-0.2, -0.15) is 0 Å². The van der Waals surface area contributed by atoms with Crippen molar-refractivity contribution in [3.63, 3.8) is 0 Å². The molecule has 0 aliphatic rings. The van der Waals surface area contributed by atoms with E-state index in [1.807, 2.05) is 0 Å². The molecule has 0 aromatic heterocycles. The largest absolute Gasteiger partial charge is 0.875 e. The first kappa shape index (κ1) is 10.7. The van der Waals surface area contributed by atoms with Crippen LogP contribution in [0.15, 0.2) is 16.3 Å². The molecule has 1 N–H and O–H groups in total. The Labute approximate surface area is 71.2 Å². The molecule has 0 spiro atoms. The first-order valence-corrected chi connectivity index (χ1v) is 3.51. The highest BCUT2D eigenvalue weighted by Gasteiger charge is 2.05. The smallest absolute Gasteiger partial charge is 0.307 e. The molecular weight excluding hydrogens is 158 g/mol. The van der Waals surface area contributed by atoms with Crippen LogP contribution in [-0.2, 0) is 4.79 Å². The van der Waals surface area contributed by atoms with E-state index in [2.05, 4.69) is 4.99 Å². The minimum Gasteiger partial charge on any atom is -0.875 e. The van der Waals surface area contributed by atoms with Crippen LogP contribution in [-0.4, -0.2) is 23.8 Å². The quantitative estimate of drug-likeness (QED) is 0.485. The molecule has 0 saturated carbocycles. The lowest BCUT2D eigenvalue weighted by atomic mass is 10.1. The first-order valence-electron chi connectivity index (χ1n) is 3.51. The summed E-state index contributed by atoms with van der Waals surface area (Å²) in [4.78, 5) is 14.1. The van der Waals surface area contributed by atoms with Crippen molar-refractivity contribution in [1.29, 1.82) is 0 Å². The predicted octanol–water partition coefficient (Wildman–Crippen LogP) is 0.186. The third kappa shape index (κ3) is 3.18. The lowest BCUT2D eigenvalue weighted by Gasteiger charge is -2.13. The topological polar surface area (TPSA) is 72.7 Å². The third-order valence-electron chi connectivity index (χ3n) is 1.53. The second-order valence-electron chi connectivity index (χ2n) is 2.41. The number of hydrogen-bond donors (Lipinski definition) is 1. The average Bonchev–Trinajstić information content (AvgIpc) is 1.98. The zero-order chi connectivity index (χ0) is 9.72. The molecule has 0 aromatic rings. The summed E-state index contributed by atoms with van der Waals surface area (Å²) in [6.07, 6.45) is -0.251. The Morgan fingerprint density at radius 2 is 2.00 bits per heavy atom. The molecule has 68 valence electrons. The molecule has 0 atom stereocenters. The van der Waals surface area contributed by atoms with Gasteiger partial charge in [-0.3, -0.25) is 9.79 Å². The van der Waals surface area contributed by atoms with Gasteiger partial charge in [0.25, 0.3) is 0 Å². The maximum atomic E-state index is 10.9. The Hall–Kier alpha value is -1.32. The molecule has 0 aliphatic heterocycles. The van der Waals surface area contributed by atoms with Gasteiger partial charge in [-0.25, -0.2) is 0 Å². The number of hydrogen-bond acceptors (Lipinski definition) is 3. The summed E-state index contributed by atoms with van der Waals surface area (Å²) in [7, 11) is 1.53. The molecule has 12 heavy (non-hydrogen) atoms. The number of allylic oxidation sites excluding steroid dienone is 1. The zero-order valence-corrected chi connectivity index (χ0v) is 7.42. The summed E-state index contributed by atoms with van der Waals surface area (Å²) >= 11 is 0. The number of carboxylic acid groups (broad SMARTS) is 1. The van der Waals surface area contributed by atoms with Crippen LogP contribution in [0.3, 0.4) is 0 Å². The molecule has 0 radical (unpaired) electrons.